The molecule has 13 nitrogen and oxygen atoms in total. The molecule has 4 N–H and O–H groups in total. The van der Waals surface area contributed by atoms with Crippen molar-refractivity contribution in [1.82, 2.24) is 30.7 Å². The molecular formula is C41H64N6O7S2. The topological polar surface area (TPSA) is 170 Å². The molecular weight excluding hydrogens is 753 g/mol. The van der Waals surface area contributed by atoms with Crippen LogP contribution < -0.4 is 16.0 Å². The number of esters is 1. The number of ether oxygens (including phenoxy) is 1. The molecule has 15 heteroatoms. The van der Waals surface area contributed by atoms with Gasteiger partial charge in [-0.05, 0) is 63.6 Å². The van der Waals surface area contributed by atoms with Crippen LogP contribution in [0.15, 0.2) is 29.6 Å². The molecule has 56 heavy (non-hydrogen) atoms. The lowest BCUT2D eigenvalue weighted by Crippen LogP contribution is -2.59. The molecule has 0 saturated carbocycles. The van der Waals surface area contributed by atoms with Crippen molar-refractivity contribution in [3.8, 4) is 0 Å². The van der Waals surface area contributed by atoms with Gasteiger partial charge in [-0.2, -0.15) is 12.6 Å². The summed E-state index contributed by atoms with van der Waals surface area (Å²) in [6, 6.07) is 5.81. The van der Waals surface area contributed by atoms with Crippen molar-refractivity contribution in [2.75, 3.05) is 32.6 Å². The predicted molar refractivity (Wildman–Crippen MR) is 222 cm³/mol. The lowest BCUT2D eigenvalue weighted by Gasteiger charge is -2.39. The molecule has 7 atom stereocenters. The summed E-state index contributed by atoms with van der Waals surface area (Å²) in [5, 5.41) is 21.6. The Hall–Kier alpha value is -3.53. The van der Waals surface area contributed by atoms with E-state index in [1.54, 1.807) is 5.38 Å². The van der Waals surface area contributed by atoms with Crippen LogP contribution in [0.1, 0.15) is 113 Å². The van der Waals surface area contributed by atoms with Crippen LogP contribution in [0.2, 0.25) is 0 Å². The van der Waals surface area contributed by atoms with E-state index in [0.717, 1.165) is 41.9 Å². The van der Waals surface area contributed by atoms with Gasteiger partial charge in [0.25, 0.3) is 5.91 Å². The van der Waals surface area contributed by atoms with E-state index in [2.05, 4.69) is 33.6 Å². The summed E-state index contributed by atoms with van der Waals surface area (Å²) in [6.07, 6.45) is 3.34. The summed E-state index contributed by atoms with van der Waals surface area (Å²) in [5.41, 5.74) is 2.26. The van der Waals surface area contributed by atoms with Crippen LogP contribution in [-0.2, 0) is 30.3 Å². The fraction of sp³-hybridized carbons (Fsp3) is 0.659. The first-order chi connectivity index (χ1) is 26.6. The molecule has 4 amide bonds. The maximum Gasteiger partial charge on any atom is 0.303 e. The summed E-state index contributed by atoms with van der Waals surface area (Å²) in [6.45, 7) is 13.4. The molecule has 2 heterocycles. The number of aliphatic hydroxyl groups excluding tert-OH is 1. The molecule has 0 radical (unpaired) electrons. The van der Waals surface area contributed by atoms with E-state index >= 15 is 0 Å². The number of benzene rings is 1. The van der Waals surface area contributed by atoms with Crippen LogP contribution in [0.4, 0.5) is 0 Å². The number of aliphatic hydroxyl groups is 1. The van der Waals surface area contributed by atoms with Gasteiger partial charge in [0.2, 0.25) is 17.7 Å². The van der Waals surface area contributed by atoms with Crippen LogP contribution in [-0.4, -0.2) is 106 Å². The molecule has 1 aromatic carbocycles. The largest absolute Gasteiger partial charge is 0.455 e. The number of carbonyl (C=O) groups is 5. The smallest absolute Gasteiger partial charge is 0.303 e. The first kappa shape index (κ1) is 46.8. The lowest BCUT2D eigenvalue weighted by molar-refractivity contribution is -0.151. The SMILES string of the molecule is CC[C@H](C)[C@H](NC(=O)[C@H]1CCCCN1C)C(=O)N(CO)[C@H](C[C@@H](OC(C)=O)c1nc(C(=O)N[C@@H](Cc2ccc(C)cc2)C[C@H](C)C(=O)NCCS)cs1)C(C)C. The van der Waals surface area contributed by atoms with Gasteiger partial charge < -0.3 is 30.7 Å². The van der Waals surface area contributed by atoms with Crippen molar-refractivity contribution >= 4 is 53.6 Å². The fourth-order valence-corrected chi connectivity index (χ4v) is 8.07. The third-order valence-electron chi connectivity index (χ3n) is 10.7. The summed E-state index contributed by atoms with van der Waals surface area (Å²) in [7, 11) is 1.92. The van der Waals surface area contributed by atoms with Gasteiger partial charge in [0.15, 0.2) is 6.10 Å². The highest BCUT2D eigenvalue weighted by atomic mass is 32.1. The number of amides is 4. The number of nitrogens with zero attached hydrogens (tertiary/aromatic N) is 3. The van der Waals surface area contributed by atoms with E-state index in [0.29, 0.717) is 43.0 Å². The van der Waals surface area contributed by atoms with Gasteiger partial charge in [-0.15, -0.1) is 11.3 Å². The van der Waals surface area contributed by atoms with E-state index in [9.17, 15) is 29.1 Å². The Morgan fingerprint density at radius 2 is 1.77 bits per heavy atom. The van der Waals surface area contributed by atoms with Gasteiger partial charge in [0, 0.05) is 49.0 Å². The van der Waals surface area contributed by atoms with Crippen molar-refractivity contribution in [3.05, 3.63) is 51.5 Å². The Labute approximate surface area is 342 Å². The molecule has 1 aromatic heterocycles. The van der Waals surface area contributed by atoms with Crippen LogP contribution >= 0.6 is 24.0 Å². The molecule has 3 rings (SSSR count). The minimum Gasteiger partial charge on any atom is -0.455 e. The highest BCUT2D eigenvalue weighted by Crippen LogP contribution is 2.31. The Bertz CT molecular complexity index is 1590. The van der Waals surface area contributed by atoms with Crippen molar-refractivity contribution < 1.29 is 33.8 Å². The number of carbonyl (C=O) groups excluding carboxylic acids is 5. The molecule has 1 fully saturated rings. The standard InChI is InChI=1S/C41H64N6O7S2/c1-9-27(5)36(45-39(52)33-12-10-11-18-46(33)8)41(53)47(24-48)34(25(2)3)22-35(54-29(7)49)40-44-32(23-56-40)38(51)43-31(20-28(6)37(50)42-17-19-55)21-30-15-13-26(4)14-16-30/h13-16,23,25,27-28,31,33-36,48,55H,9-12,17-22,24H2,1-8H3,(H,42,50)(H,43,51)(H,45,52)/t27-,28-,31+,33+,34+,35+,36-/m0/s1. The zero-order valence-electron chi connectivity index (χ0n) is 34.4. The number of hydrogen-bond donors (Lipinski definition) is 5. The summed E-state index contributed by atoms with van der Waals surface area (Å²) >= 11 is 5.34. The maximum atomic E-state index is 14.3. The normalized spacial score (nSPS) is 17.9. The molecule has 1 aliphatic heterocycles. The number of likely N-dealkylation sites (N-methyl/N-ethyl adjacent to an activating group) is 1. The molecule has 1 aliphatic rings. The molecule has 0 unspecified atom stereocenters. The molecule has 1 saturated heterocycles. The maximum absolute atomic E-state index is 14.3. The van der Waals surface area contributed by atoms with Crippen molar-refractivity contribution in [1.29, 1.82) is 0 Å². The van der Waals surface area contributed by atoms with Gasteiger partial charge >= 0.3 is 5.97 Å². The van der Waals surface area contributed by atoms with E-state index in [-0.39, 0.29) is 53.8 Å². The van der Waals surface area contributed by atoms with Crippen molar-refractivity contribution in [2.45, 2.75) is 124 Å². The highest BCUT2D eigenvalue weighted by molar-refractivity contribution is 7.80. The van der Waals surface area contributed by atoms with E-state index in [1.165, 1.54) is 11.8 Å². The second kappa shape index (κ2) is 23.0. The van der Waals surface area contributed by atoms with Gasteiger partial charge in [-0.3, -0.25) is 28.9 Å². The zero-order valence-corrected chi connectivity index (χ0v) is 36.1. The van der Waals surface area contributed by atoms with E-state index in [1.807, 2.05) is 77.8 Å². The Balaban J connectivity index is 1.85. The number of rotatable bonds is 21. The van der Waals surface area contributed by atoms with Crippen LogP contribution in [0.3, 0.4) is 0 Å². The number of likely N-dealkylation sites (tertiary alicyclic amines) is 1. The minimum absolute atomic E-state index is 0.0968. The third kappa shape index (κ3) is 13.8. The van der Waals surface area contributed by atoms with Gasteiger partial charge in [0.05, 0.1) is 6.04 Å². The number of aryl methyl sites for hydroxylation is 1. The second-order valence-corrected chi connectivity index (χ2v) is 16.9. The number of thiol groups is 1. The lowest BCUT2D eigenvalue weighted by atomic mass is 9.92. The Morgan fingerprint density at radius 3 is 2.36 bits per heavy atom. The minimum atomic E-state index is -0.931. The number of nitrogens with one attached hydrogen (secondary N) is 3. The van der Waals surface area contributed by atoms with Gasteiger partial charge in [-0.1, -0.05) is 77.3 Å². The average molecular weight is 817 g/mol. The van der Waals surface area contributed by atoms with Gasteiger partial charge in [-0.25, -0.2) is 4.98 Å². The van der Waals surface area contributed by atoms with Crippen LogP contribution in [0, 0.1) is 24.7 Å². The molecule has 0 spiro atoms. The van der Waals surface area contributed by atoms with Crippen LogP contribution in [0.25, 0.3) is 0 Å². The third-order valence-corrected chi connectivity index (χ3v) is 11.8. The number of thiazole rings is 1. The predicted octanol–water partition coefficient (Wildman–Crippen LogP) is 4.68. The molecule has 0 aliphatic carbocycles. The van der Waals surface area contributed by atoms with Crippen molar-refractivity contribution in [2.24, 2.45) is 17.8 Å². The fourth-order valence-electron chi connectivity index (χ4n) is 7.12. The van der Waals surface area contributed by atoms with Crippen LogP contribution in [0.5, 0.6) is 0 Å². The first-order valence-corrected chi connectivity index (χ1v) is 21.4. The zero-order chi connectivity index (χ0) is 41.5. The summed E-state index contributed by atoms with van der Waals surface area (Å²) in [5.74, 6) is -2.01. The number of hydrogen-bond acceptors (Lipinski definition) is 11. The van der Waals surface area contributed by atoms with Crippen molar-refractivity contribution in [3.63, 3.8) is 0 Å². The highest BCUT2D eigenvalue weighted by Gasteiger charge is 2.38. The molecule has 2 aromatic rings. The molecule has 0 bridgehead atoms. The monoisotopic (exact) mass is 816 g/mol. The average Bonchev–Trinajstić information content (AvgIpc) is 3.66. The first-order valence-electron chi connectivity index (χ1n) is 19.9. The Morgan fingerprint density at radius 1 is 1.07 bits per heavy atom. The van der Waals surface area contributed by atoms with E-state index in [4.69, 9.17) is 4.74 Å². The van der Waals surface area contributed by atoms with Gasteiger partial charge in [0.1, 0.15) is 23.5 Å². The second-order valence-electron chi connectivity index (χ2n) is 15.5. The summed E-state index contributed by atoms with van der Waals surface area (Å²) in [4.78, 5) is 74.7. The summed E-state index contributed by atoms with van der Waals surface area (Å²) < 4.78 is 5.78. The number of piperidine rings is 1. The quantitative estimate of drug-likeness (QED) is 0.0683. The number of aromatic nitrogens is 1. The van der Waals surface area contributed by atoms with E-state index < -0.39 is 42.7 Å². The Kier molecular flexibility index (Phi) is 19.3. The molecule has 312 valence electrons.